The molecule has 0 bridgehead atoms. The Morgan fingerprint density at radius 2 is 1.50 bits per heavy atom. The van der Waals surface area contributed by atoms with Gasteiger partial charge in [-0.05, 0) is 24.1 Å². The molecule has 0 aromatic heterocycles. The minimum Gasteiger partial charge on any atom is -0.298 e. The summed E-state index contributed by atoms with van der Waals surface area (Å²) in [5.41, 5.74) is -0.324. The molecule has 2 aromatic carbocycles. The van der Waals surface area contributed by atoms with Crippen LogP contribution in [-0.4, -0.2) is 24.2 Å². The van der Waals surface area contributed by atoms with Crippen molar-refractivity contribution in [1.82, 2.24) is 4.90 Å². The number of hydrogen-bond donors (Lipinski definition) is 0. The molecule has 1 unspecified atom stereocenters. The largest absolute Gasteiger partial charge is 0.399 e. The van der Waals surface area contributed by atoms with E-state index in [1.54, 1.807) is 30.3 Å². The number of alkyl halides is 3. The Morgan fingerprint density at radius 1 is 0.909 bits per heavy atom. The number of nitrogens with zero attached hydrogens (tertiary/aromatic N) is 1. The second kappa shape index (κ2) is 5.76. The Kier molecular flexibility index (Phi) is 3.96. The van der Waals surface area contributed by atoms with Crippen molar-refractivity contribution in [2.75, 3.05) is 13.1 Å². The van der Waals surface area contributed by atoms with E-state index in [4.69, 9.17) is 0 Å². The summed E-state index contributed by atoms with van der Waals surface area (Å²) in [6, 6.07) is 18.0. The molecule has 116 valence electrons. The van der Waals surface area contributed by atoms with E-state index in [0.717, 1.165) is 5.56 Å². The number of rotatable bonds is 3. The molecule has 1 fully saturated rings. The Bertz CT molecular complexity index is 609. The molecule has 1 saturated heterocycles. The lowest BCUT2D eigenvalue weighted by molar-refractivity contribution is -0.187. The van der Waals surface area contributed by atoms with E-state index >= 15 is 0 Å². The van der Waals surface area contributed by atoms with Crippen LogP contribution < -0.4 is 0 Å². The van der Waals surface area contributed by atoms with Crippen LogP contribution in [0.15, 0.2) is 60.7 Å². The molecule has 0 spiro atoms. The van der Waals surface area contributed by atoms with Crippen LogP contribution in [0.2, 0.25) is 0 Å². The average molecular weight is 305 g/mol. The Hall–Kier alpha value is -1.81. The maximum atomic E-state index is 13.8. The van der Waals surface area contributed by atoms with Crippen LogP contribution in [0.3, 0.4) is 0 Å². The maximum Gasteiger partial charge on any atom is 0.399 e. The predicted octanol–water partition coefficient (Wildman–Crippen LogP) is 4.39. The van der Waals surface area contributed by atoms with Gasteiger partial charge in [0.05, 0.1) is 0 Å². The SMILES string of the molecule is FC(F)(F)C1(c2ccccc2)CCN(Cc2ccccc2)C1. The molecule has 1 aliphatic rings. The molecule has 1 atom stereocenters. The van der Waals surface area contributed by atoms with Gasteiger partial charge in [-0.25, -0.2) is 0 Å². The Morgan fingerprint density at radius 3 is 2.09 bits per heavy atom. The fourth-order valence-electron chi connectivity index (χ4n) is 3.25. The highest BCUT2D eigenvalue weighted by Crippen LogP contribution is 2.47. The van der Waals surface area contributed by atoms with E-state index in [0.29, 0.717) is 18.7 Å². The van der Waals surface area contributed by atoms with Gasteiger partial charge in [0.15, 0.2) is 0 Å². The zero-order chi connectivity index (χ0) is 15.6. The number of likely N-dealkylation sites (tertiary alicyclic amines) is 1. The van der Waals surface area contributed by atoms with Gasteiger partial charge in [0.1, 0.15) is 5.41 Å². The highest BCUT2D eigenvalue weighted by Gasteiger charge is 2.58. The molecule has 1 aliphatic heterocycles. The topological polar surface area (TPSA) is 3.24 Å². The van der Waals surface area contributed by atoms with Crippen molar-refractivity contribution < 1.29 is 13.2 Å². The summed E-state index contributed by atoms with van der Waals surface area (Å²) in [4.78, 5) is 1.90. The first-order chi connectivity index (χ1) is 10.5. The number of hydrogen-bond acceptors (Lipinski definition) is 1. The monoisotopic (exact) mass is 305 g/mol. The highest BCUT2D eigenvalue weighted by atomic mass is 19.4. The third-order valence-electron chi connectivity index (χ3n) is 4.47. The van der Waals surface area contributed by atoms with Crippen molar-refractivity contribution in [2.24, 2.45) is 0 Å². The van der Waals surface area contributed by atoms with Crippen LogP contribution in [-0.2, 0) is 12.0 Å². The predicted molar refractivity (Wildman–Crippen MR) is 80.5 cm³/mol. The molecule has 22 heavy (non-hydrogen) atoms. The van der Waals surface area contributed by atoms with Gasteiger partial charge in [-0.1, -0.05) is 60.7 Å². The molecule has 0 amide bonds. The molecular formula is C18H18F3N. The summed E-state index contributed by atoms with van der Waals surface area (Å²) < 4.78 is 41.4. The van der Waals surface area contributed by atoms with E-state index in [1.165, 1.54) is 0 Å². The van der Waals surface area contributed by atoms with E-state index in [-0.39, 0.29) is 13.0 Å². The first-order valence-electron chi connectivity index (χ1n) is 7.40. The van der Waals surface area contributed by atoms with E-state index in [1.807, 2.05) is 35.2 Å². The summed E-state index contributed by atoms with van der Waals surface area (Å²) in [7, 11) is 0. The zero-order valence-electron chi connectivity index (χ0n) is 12.2. The first kappa shape index (κ1) is 15.1. The van der Waals surface area contributed by atoms with Crippen LogP contribution in [0, 0.1) is 0 Å². The summed E-state index contributed by atoms with van der Waals surface area (Å²) in [5, 5.41) is 0. The lowest BCUT2D eigenvalue weighted by Gasteiger charge is -2.32. The third-order valence-corrected chi connectivity index (χ3v) is 4.47. The minimum atomic E-state index is -4.24. The van der Waals surface area contributed by atoms with Crippen LogP contribution in [0.25, 0.3) is 0 Å². The van der Waals surface area contributed by atoms with Gasteiger partial charge in [-0.3, -0.25) is 4.90 Å². The van der Waals surface area contributed by atoms with Crippen molar-refractivity contribution in [3.05, 3.63) is 71.8 Å². The third kappa shape index (κ3) is 2.75. The van der Waals surface area contributed by atoms with Gasteiger partial charge in [0, 0.05) is 13.1 Å². The maximum absolute atomic E-state index is 13.8. The molecule has 3 rings (SSSR count). The van der Waals surface area contributed by atoms with Gasteiger partial charge in [-0.15, -0.1) is 0 Å². The van der Waals surface area contributed by atoms with Gasteiger partial charge in [-0.2, -0.15) is 13.2 Å². The molecular weight excluding hydrogens is 287 g/mol. The van der Waals surface area contributed by atoms with E-state index < -0.39 is 11.6 Å². The average Bonchev–Trinajstić information content (AvgIpc) is 2.94. The van der Waals surface area contributed by atoms with Gasteiger partial charge in [0.2, 0.25) is 0 Å². The zero-order valence-corrected chi connectivity index (χ0v) is 12.2. The van der Waals surface area contributed by atoms with Crippen molar-refractivity contribution in [3.8, 4) is 0 Å². The lowest BCUT2D eigenvalue weighted by atomic mass is 9.79. The fraction of sp³-hybridized carbons (Fsp3) is 0.333. The molecule has 1 heterocycles. The van der Waals surface area contributed by atoms with Crippen LogP contribution in [0.1, 0.15) is 17.5 Å². The van der Waals surface area contributed by atoms with Crippen molar-refractivity contribution >= 4 is 0 Å². The quantitative estimate of drug-likeness (QED) is 0.813. The van der Waals surface area contributed by atoms with Crippen molar-refractivity contribution in [3.63, 3.8) is 0 Å². The summed E-state index contributed by atoms with van der Waals surface area (Å²) in [6.45, 7) is 1.05. The van der Waals surface area contributed by atoms with E-state index in [2.05, 4.69) is 0 Å². The van der Waals surface area contributed by atoms with Gasteiger partial charge >= 0.3 is 6.18 Å². The molecule has 2 aromatic rings. The molecule has 0 N–H and O–H groups in total. The second-order valence-corrected chi connectivity index (χ2v) is 5.89. The Balaban J connectivity index is 1.85. The number of halogens is 3. The lowest BCUT2D eigenvalue weighted by Crippen LogP contribution is -2.44. The van der Waals surface area contributed by atoms with Crippen LogP contribution in [0.5, 0.6) is 0 Å². The van der Waals surface area contributed by atoms with Gasteiger partial charge in [0.25, 0.3) is 0 Å². The summed E-state index contributed by atoms with van der Waals surface area (Å²) in [6.07, 6.45) is -4.12. The highest BCUT2D eigenvalue weighted by molar-refractivity contribution is 5.30. The number of benzene rings is 2. The summed E-state index contributed by atoms with van der Waals surface area (Å²) >= 11 is 0. The minimum absolute atomic E-state index is 0.0232. The molecule has 0 aliphatic carbocycles. The molecule has 1 nitrogen and oxygen atoms in total. The fourth-order valence-corrected chi connectivity index (χ4v) is 3.25. The second-order valence-electron chi connectivity index (χ2n) is 5.89. The first-order valence-corrected chi connectivity index (χ1v) is 7.40. The molecule has 0 radical (unpaired) electrons. The smallest absolute Gasteiger partial charge is 0.298 e. The van der Waals surface area contributed by atoms with Crippen molar-refractivity contribution in [1.29, 1.82) is 0 Å². The molecule has 4 heteroatoms. The van der Waals surface area contributed by atoms with Crippen LogP contribution >= 0.6 is 0 Å². The van der Waals surface area contributed by atoms with E-state index in [9.17, 15) is 13.2 Å². The Labute approximate surface area is 128 Å². The normalized spacial score (nSPS) is 22.9. The van der Waals surface area contributed by atoms with Gasteiger partial charge < -0.3 is 0 Å². The van der Waals surface area contributed by atoms with Crippen molar-refractivity contribution in [2.45, 2.75) is 24.6 Å². The standard InChI is InChI=1S/C18H18F3N/c19-18(20,21)17(16-9-5-2-6-10-16)11-12-22(14-17)13-15-7-3-1-4-8-15/h1-10H,11-14H2. The summed E-state index contributed by atoms with van der Waals surface area (Å²) in [5.74, 6) is 0. The van der Waals surface area contributed by atoms with Crippen LogP contribution in [0.4, 0.5) is 13.2 Å². The molecule has 0 saturated carbocycles.